The average Bonchev–Trinajstić information content (AvgIpc) is 2.81. The van der Waals surface area contributed by atoms with Gasteiger partial charge in [-0.1, -0.05) is 88.5 Å². The van der Waals surface area contributed by atoms with E-state index in [1.54, 1.807) is 0 Å². The van der Waals surface area contributed by atoms with E-state index in [2.05, 4.69) is 86.4 Å². The summed E-state index contributed by atoms with van der Waals surface area (Å²) < 4.78 is 5.91. The lowest BCUT2D eigenvalue weighted by atomic mass is 10.0. The topological polar surface area (TPSA) is 9.23 Å². The summed E-state index contributed by atoms with van der Waals surface area (Å²) in [7, 11) is 0. The van der Waals surface area contributed by atoms with Gasteiger partial charge < -0.3 is 4.74 Å². The van der Waals surface area contributed by atoms with Crippen molar-refractivity contribution < 1.29 is 4.74 Å². The molecule has 162 valence electrons. The van der Waals surface area contributed by atoms with Gasteiger partial charge in [0, 0.05) is 11.1 Å². The van der Waals surface area contributed by atoms with Gasteiger partial charge in [0.05, 0.1) is 6.61 Å². The van der Waals surface area contributed by atoms with Gasteiger partial charge in [0.15, 0.2) is 0 Å². The SMILES string of the molecule is CCCCCCOc1ccc2cc(C#Cc3ccc(CCCCCC)cc3)ccc2c1. The van der Waals surface area contributed by atoms with Crippen LogP contribution in [0.15, 0.2) is 60.7 Å². The van der Waals surface area contributed by atoms with Crippen LogP contribution in [0.1, 0.15) is 81.9 Å². The molecule has 0 heterocycles. The first-order chi connectivity index (χ1) is 15.3. The van der Waals surface area contributed by atoms with E-state index >= 15 is 0 Å². The molecular weight excluding hydrogens is 376 g/mol. The maximum atomic E-state index is 5.91. The lowest BCUT2D eigenvalue weighted by Gasteiger charge is -2.07. The van der Waals surface area contributed by atoms with Gasteiger partial charge in [0.25, 0.3) is 0 Å². The van der Waals surface area contributed by atoms with E-state index < -0.39 is 0 Å². The van der Waals surface area contributed by atoms with Crippen molar-refractivity contribution in [1.29, 1.82) is 0 Å². The maximum absolute atomic E-state index is 5.91. The minimum Gasteiger partial charge on any atom is -0.494 e. The number of ether oxygens (including phenoxy) is 1. The molecule has 3 aromatic rings. The number of unbranched alkanes of at least 4 members (excludes halogenated alkanes) is 6. The number of rotatable bonds is 11. The van der Waals surface area contributed by atoms with E-state index in [1.807, 2.05) is 0 Å². The molecule has 0 spiro atoms. The van der Waals surface area contributed by atoms with Crippen molar-refractivity contribution in [2.24, 2.45) is 0 Å². The van der Waals surface area contributed by atoms with E-state index in [0.717, 1.165) is 29.9 Å². The number of fused-ring (bicyclic) bond motifs is 1. The Kier molecular flexibility index (Phi) is 9.52. The molecule has 0 aromatic heterocycles. The van der Waals surface area contributed by atoms with Gasteiger partial charge in [-0.2, -0.15) is 0 Å². The number of benzene rings is 3. The molecule has 0 bridgehead atoms. The molecule has 0 aliphatic heterocycles. The molecule has 31 heavy (non-hydrogen) atoms. The van der Waals surface area contributed by atoms with Crippen molar-refractivity contribution in [3.8, 4) is 17.6 Å². The van der Waals surface area contributed by atoms with E-state index in [0.29, 0.717) is 0 Å². The maximum Gasteiger partial charge on any atom is 0.119 e. The quantitative estimate of drug-likeness (QED) is 0.227. The molecule has 0 N–H and O–H groups in total. The Balaban J connectivity index is 1.57. The minimum atomic E-state index is 0.798. The molecule has 1 heteroatoms. The van der Waals surface area contributed by atoms with E-state index in [9.17, 15) is 0 Å². The molecule has 0 aliphatic rings. The lowest BCUT2D eigenvalue weighted by molar-refractivity contribution is 0.305. The van der Waals surface area contributed by atoms with Crippen LogP contribution in [0.4, 0.5) is 0 Å². The second-order valence-electron chi connectivity index (χ2n) is 8.39. The van der Waals surface area contributed by atoms with Crippen molar-refractivity contribution in [3.05, 3.63) is 77.4 Å². The number of hydrogen-bond acceptors (Lipinski definition) is 1. The van der Waals surface area contributed by atoms with Crippen LogP contribution in [0.3, 0.4) is 0 Å². The van der Waals surface area contributed by atoms with Gasteiger partial charge in [-0.05, 0) is 72.0 Å². The summed E-state index contributed by atoms with van der Waals surface area (Å²) in [6.07, 6.45) is 11.3. The zero-order valence-electron chi connectivity index (χ0n) is 19.3. The third-order valence-corrected chi connectivity index (χ3v) is 5.70. The van der Waals surface area contributed by atoms with Crippen molar-refractivity contribution >= 4 is 10.8 Å². The van der Waals surface area contributed by atoms with Gasteiger partial charge in [-0.15, -0.1) is 0 Å². The smallest absolute Gasteiger partial charge is 0.119 e. The predicted octanol–water partition coefficient (Wildman–Crippen LogP) is 8.32. The van der Waals surface area contributed by atoms with Gasteiger partial charge in [0.1, 0.15) is 5.75 Å². The number of aryl methyl sites for hydroxylation is 1. The monoisotopic (exact) mass is 412 g/mol. The van der Waals surface area contributed by atoms with Crippen molar-refractivity contribution in [2.45, 2.75) is 71.6 Å². The molecule has 0 saturated heterocycles. The second kappa shape index (κ2) is 12.9. The van der Waals surface area contributed by atoms with Crippen molar-refractivity contribution in [2.75, 3.05) is 6.61 Å². The Morgan fingerprint density at radius 2 is 1.26 bits per heavy atom. The highest BCUT2D eigenvalue weighted by molar-refractivity contribution is 5.85. The standard InChI is InChI=1S/C30H36O/c1-3-5-7-9-11-25-12-14-26(15-13-25)16-17-27-18-19-29-24-30(21-20-28(29)23-27)31-22-10-8-6-4-2/h12-15,18-21,23-24H,3-11,22H2,1-2H3. The normalized spacial score (nSPS) is 10.6. The minimum absolute atomic E-state index is 0.798. The molecule has 0 atom stereocenters. The second-order valence-corrected chi connectivity index (χ2v) is 8.39. The van der Waals surface area contributed by atoms with Crippen molar-refractivity contribution in [3.63, 3.8) is 0 Å². The summed E-state index contributed by atoms with van der Waals surface area (Å²) >= 11 is 0. The summed E-state index contributed by atoms with van der Waals surface area (Å²) in [4.78, 5) is 0. The molecule has 0 radical (unpaired) electrons. The van der Waals surface area contributed by atoms with Crippen LogP contribution in [0.2, 0.25) is 0 Å². The third-order valence-electron chi connectivity index (χ3n) is 5.70. The van der Waals surface area contributed by atoms with Crippen LogP contribution >= 0.6 is 0 Å². The largest absolute Gasteiger partial charge is 0.494 e. The Morgan fingerprint density at radius 3 is 2.03 bits per heavy atom. The molecule has 0 saturated carbocycles. The fourth-order valence-corrected chi connectivity index (χ4v) is 3.77. The summed E-state index contributed by atoms with van der Waals surface area (Å²) in [6, 6.07) is 21.5. The zero-order chi connectivity index (χ0) is 21.7. The van der Waals surface area contributed by atoms with E-state index in [-0.39, 0.29) is 0 Å². The summed E-state index contributed by atoms with van der Waals surface area (Å²) in [5.74, 6) is 7.59. The first-order valence-corrected chi connectivity index (χ1v) is 12.1. The van der Waals surface area contributed by atoms with Gasteiger partial charge in [0.2, 0.25) is 0 Å². The molecule has 0 amide bonds. The average molecular weight is 413 g/mol. The highest BCUT2D eigenvalue weighted by Crippen LogP contribution is 2.22. The summed E-state index contributed by atoms with van der Waals surface area (Å²) in [5.41, 5.74) is 3.53. The highest BCUT2D eigenvalue weighted by atomic mass is 16.5. The molecular formula is C30H36O. The predicted molar refractivity (Wildman–Crippen MR) is 134 cm³/mol. The van der Waals surface area contributed by atoms with E-state index in [4.69, 9.17) is 4.74 Å². The first-order valence-electron chi connectivity index (χ1n) is 12.1. The molecule has 0 aliphatic carbocycles. The molecule has 0 unspecified atom stereocenters. The van der Waals surface area contributed by atoms with Crippen LogP contribution in [-0.2, 0) is 6.42 Å². The van der Waals surface area contributed by atoms with Gasteiger partial charge in [-0.25, -0.2) is 0 Å². The Hall–Kier alpha value is -2.72. The lowest BCUT2D eigenvalue weighted by Crippen LogP contribution is -1.97. The molecule has 0 fully saturated rings. The molecule has 1 nitrogen and oxygen atoms in total. The first kappa shape index (κ1) is 23.0. The summed E-state index contributed by atoms with van der Waals surface area (Å²) in [6.45, 7) is 5.28. The van der Waals surface area contributed by atoms with Gasteiger partial charge >= 0.3 is 0 Å². The molecule has 3 rings (SSSR count). The van der Waals surface area contributed by atoms with Crippen LogP contribution in [0, 0.1) is 11.8 Å². The van der Waals surface area contributed by atoms with Gasteiger partial charge in [-0.3, -0.25) is 0 Å². The third kappa shape index (κ3) is 7.80. The molecule has 3 aromatic carbocycles. The fourth-order valence-electron chi connectivity index (χ4n) is 3.77. The summed E-state index contributed by atoms with van der Waals surface area (Å²) in [5, 5.41) is 2.40. The highest BCUT2D eigenvalue weighted by Gasteiger charge is 2.00. The van der Waals surface area contributed by atoms with E-state index in [1.165, 1.54) is 67.7 Å². The van der Waals surface area contributed by atoms with Crippen LogP contribution in [-0.4, -0.2) is 6.61 Å². The van der Waals surface area contributed by atoms with Crippen molar-refractivity contribution in [1.82, 2.24) is 0 Å². The van der Waals surface area contributed by atoms with Crippen LogP contribution in [0.25, 0.3) is 10.8 Å². The fraction of sp³-hybridized carbons (Fsp3) is 0.400. The zero-order valence-corrected chi connectivity index (χ0v) is 19.3. The Labute approximate surface area is 188 Å². The van der Waals surface area contributed by atoms with Crippen LogP contribution < -0.4 is 4.74 Å². The Morgan fingerprint density at radius 1 is 0.613 bits per heavy atom. The number of hydrogen-bond donors (Lipinski definition) is 0. The Bertz CT molecular complexity index is 988. The van der Waals surface area contributed by atoms with Crippen LogP contribution in [0.5, 0.6) is 5.75 Å².